The normalized spacial score (nSPS) is 16.7. The van der Waals surface area contributed by atoms with Gasteiger partial charge in [-0.25, -0.2) is 0 Å². The predicted molar refractivity (Wildman–Crippen MR) is 75.9 cm³/mol. The Morgan fingerprint density at radius 2 is 1.89 bits per heavy atom. The summed E-state index contributed by atoms with van der Waals surface area (Å²) in [5.74, 6) is 0.761. The molecule has 0 amide bonds. The van der Waals surface area contributed by atoms with Crippen molar-refractivity contribution in [3.8, 4) is 0 Å². The van der Waals surface area contributed by atoms with Gasteiger partial charge in [-0.15, -0.1) is 0 Å². The van der Waals surface area contributed by atoms with Crippen LogP contribution in [0.1, 0.15) is 19.3 Å². The van der Waals surface area contributed by atoms with Crippen LogP contribution in [0, 0.1) is 5.92 Å². The molecule has 3 heteroatoms. The maximum Gasteiger partial charge on any atom is 0.0469 e. The van der Waals surface area contributed by atoms with E-state index in [1.165, 1.54) is 18.5 Å². The molecule has 0 saturated carbocycles. The Hall–Kier alpha value is -1.06. The highest BCUT2D eigenvalue weighted by atomic mass is 16.5. The van der Waals surface area contributed by atoms with Crippen LogP contribution in [0.2, 0.25) is 0 Å². The molecule has 1 aliphatic rings. The van der Waals surface area contributed by atoms with Gasteiger partial charge in [-0.05, 0) is 43.9 Å². The maximum atomic E-state index is 5.64. The summed E-state index contributed by atoms with van der Waals surface area (Å²) in [6.45, 7) is 4.79. The first-order chi connectivity index (χ1) is 8.90. The number of ether oxygens (including phenoxy) is 1. The van der Waals surface area contributed by atoms with Crippen LogP contribution in [0.5, 0.6) is 0 Å². The fourth-order valence-corrected chi connectivity index (χ4v) is 2.49. The van der Waals surface area contributed by atoms with Crippen molar-refractivity contribution in [2.45, 2.75) is 19.3 Å². The molecule has 1 aromatic rings. The lowest BCUT2D eigenvalue weighted by Crippen LogP contribution is -2.34. The van der Waals surface area contributed by atoms with Gasteiger partial charge in [0, 0.05) is 32.0 Å². The third-order valence-corrected chi connectivity index (χ3v) is 3.57. The zero-order valence-corrected chi connectivity index (χ0v) is 11.1. The van der Waals surface area contributed by atoms with Gasteiger partial charge in [0.1, 0.15) is 0 Å². The van der Waals surface area contributed by atoms with Gasteiger partial charge in [-0.3, -0.25) is 0 Å². The van der Waals surface area contributed by atoms with Crippen LogP contribution in [0.3, 0.4) is 0 Å². The van der Waals surface area contributed by atoms with Gasteiger partial charge < -0.3 is 15.4 Å². The van der Waals surface area contributed by atoms with Gasteiger partial charge in [-0.1, -0.05) is 18.2 Å². The number of rotatable bonds is 6. The van der Waals surface area contributed by atoms with E-state index < -0.39 is 0 Å². The van der Waals surface area contributed by atoms with E-state index in [2.05, 4.69) is 35.2 Å². The predicted octanol–water partition coefficient (Wildman–Crippen LogP) is 2.27. The number of nitrogens with two attached hydrogens (primary N) is 1. The molecule has 0 spiro atoms. The molecule has 1 fully saturated rings. The van der Waals surface area contributed by atoms with Gasteiger partial charge in [0.25, 0.3) is 0 Å². The van der Waals surface area contributed by atoms with Crippen LogP contribution in [0.4, 0.5) is 5.69 Å². The highest BCUT2D eigenvalue weighted by molar-refractivity contribution is 5.45. The third kappa shape index (κ3) is 4.00. The van der Waals surface area contributed by atoms with Crippen molar-refractivity contribution in [2.75, 3.05) is 37.7 Å². The van der Waals surface area contributed by atoms with Crippen molar-refractivity contribution in [3.05, 3.63) is 30.3 Å². The average Bonchev–Trinajstić information content (AvgIpc) is 2.45. The summed E-state index contributed by atoms with van der Waals surface area (Å²) >= 11 is 0. The van der Waals surface area contributed by atoms with E-state index in [1.54, 1.807) is 0 Å². The van der Waals surface area contributed by atoms with Gasteiger partial charge in [0.15, 0.2) is 0 Å². The summed E-state index contributed by atoms with van der Waals surface area (Å²) in [5.41, 5.74) is 6.96. The minimum absolute atomic E-state index is 0.761. The van der Waals surface area contributed by atoms with Crippen molar-refractivity contribution >= 4 is 5.69 Å². The zero-order chi connectivity index (χ0) is 12.6. The summed E-state index contributed by atoms with van der Waals surface area (Å²) in [6.07, 6.45) is 3.43. The van der Waals surface area contributed by atoms with Crippen LogP contribution >= 0.6 is 0 Å². The van der Waals surface area contributed by atoms with Gasteiger partial charge >= 0.3 is 0 Å². The largest absolute Gasteiger partial charge is 0.381 e. The first-order valence-electron chi connectivity index (χ1n) is 6.98. The second kappa shape index (κ2) is 7.39. The molecule has 2 rings (SSSR count). The lowest BCUT2D eigenvalue weighted by atomic mass is 9.99. The molecule has 0 atom stereocenters. The van der Waals surface area contributed by atoms with Crippen LogP contribution in [-0.4, -0.2) is 32.8 Å². The molecule has 0 aliphatic carbocycles. The Labute approximate surface area is 110 Å². The van der Waals surface area contributed by atoms with Crippen molar-refractivity contribution < 1.29 is 4.74 Å². The molecule has 0 bridgehead atoms. The molecule has 1 saturated heterocycles. The van der Waals surface area contributed by atoms with E-state index in [1.807, 2.05) is 0 Å². The summed E-state index contributed by atoms with van der Waals surface area (Å²) < 4.78 is 5.43. The van der Waals surface area contributed by atoms with E-state index in [-0.39, 0.29) is 0 Å². The van der Waals surface area contributed by atoms with Gasteiger partial charge in [0.2, 0.25) is 0 Å². The second-order valence-electron chi connectivity index (χ2n) is 4.98. The molecular formula is C15H24N2O. The van der Waals surface area contributed by atoms with E-state index in [0.29, 0.717) is 0 Å². The first kappa shape index (κ1) is 13.4. The minimum Gasteiger partial charge on any atom is -0.381 e. The van der Waals surface area contributed by atoms with Crippen molar-refractivity contribution in [1.82, 2.24) is 0 Å². The van der Waals surface area contributed by atoms with Crippen LogP contribution < -0.4 is 10.6 Å². The Bertz CT molecular complexity index is 323. The number of nitrogens with zero attached hydrogens (tertiary/aromatic N) is 1. The van der Waals surface area contributed by atoms with E-state index >= 15 is 0 Å². The molecule has 18 heavy (non-hydrogen) atoms. The van der Waals surface area contributed by atoms with Gasteiger partial charge in [0.05, 0.1) is 0 Å². The van der Waals surface area contributed by atoms with Crippen molar-refractivity contribution in [1.29, 1.82) is 0 Å². The van der Waals surface area contributed by atoms with Crippen LogP contribution in [0.15, 0.2) is 30.3 Å². The van der Waals surface area contributed by atoms with E-state index in [0.717, 1.165) is 45.2 Å². The Morgan fingerprint density at radius 1 is 1.17 bits per heavy atom. The van der Waals surface area contributed by atoms with Gasteiger partial charge in [-0.2, -0.15) is 0 Å². The third-order valence-electron chi connectivity index (χ3n) is 3.57. The first-order valence-corrected chi connectivity index (χ1v) is 6.98. The van der Waals surface area contributed by atoms with Crippen molar-refractivity contribution in [3.63, 3.8) is 0 Å². The lowest BCUT2D eigenvalue weighted by molar-refractivity contribution is 0.0682. The molecule has 1 heterocycles. The number of hydrogen-bond acceptors (Lipinski definition) is 3. The fraction of sp³-hybridized carbons (Fsp3) is 0.600. The summed E-state index contributed by atoms with van der Waals surface area (Å²) in [5, 5.41) is 0. The Balaban J connectivity index is 1.95. The fourth-order valence-electron chi connectivity index (χ4n) is 2.49. The van der Waals surface area contributed by atoms with Crippen LogP contribution in [-0.2, 0) is 4.74 Å². The topological polar surface area (TPSA) is 38.5 Å². The molecule has 0 radical (unpaired) electrons. The summed E-state index contributed by atoms with van der Waals surface area (Å²) in [4.78, 5) is 2.48. The minimum atomic E-state index is 0.761. The molecule has 0 unspecified atom stereocenters. The monoisotopic (exact) mass is 248 g/mol. The number of anilines is 1. The number of benzene rings is 1. The molecule has 1 aromatic carbocycles. The molecule has 100 valence electrons. The molecular weight excluding hydrogens is 224 g/mol. The number of hydrogen-bond donors (Lipinski definition) is 1. The Morgan fingerprint density at radius 3 is 2.56 bits per heavy atom. The van der Waals surface area contributed by atoms with Crippen LogP contribution in [0.25, 0.3) is 0 Å². The molecule has 1 aliphatic heterocycles. The SMILES string of the molecule is NCCCN(CC1CCOCC1)c1ccccc1. The lowest BCUT2D eigenvalue weighted by Gasteiger charge is -2.31. The molecule has 2 N–H and O–H groups in total. The smallest absolute Gasteiger partial charge is 0.0469 e. The average molecular weight is 248 g/mol. The number of para-hydroxylation sites is 1. The summed E-state index contributed by atoms with van der Waals surface area (Å²) in [6, 6.07) is 10.7. The second-order valence-corrected chi connectivity index (χ2v) is 4.98. The quantitative estimate of drug-likeness (QED) is 0.839. The molecule has 3 nitrogen and oxygen atoms in total. The molecule has 0 aromatic heterocycles. The Kier molecular flexibility index (Phi) is 5.49. The highest BCUT2D eigenvalue weighted by Gasteiger charge is 2.17. The zero-order valence-electron chi connectivity index (χ0n) is 11.1. The summed E-state index contributed by atoms with van der Waals surface area (Å²) in [7, 11) is 0. The van der Waals surface area contributed by atoms with E-state index in [9.17, 15) is 0 Å². The van der Waals surface area contributed by atoms with E-state index in [4.69, 9.17) is 10.5 Å². The highest BCUT2D eigenvalue weighted by Crippen LogP contribution is 2.21. The maximum absolute atomic E-state index is 5.64. The standard InChI is InChI=1S/C15H24N2O/c16-9-4-10-17(15-5-2-1-3-6-15)13-14-7-11-18-12-8-14/h1-3,5-6,14H,4,7-13,16H2. The van der Waals surface area contributed by atoms with Crippen molar-refractivity contribution in [2.24, 2.45) is 11.7 Å².